The van der Waals surface area contributed by atoms with Crippen LogP contribution < -0.4 is 4.74 Å². The average molecular weight is 261 g/mol. The number of amides is 1. The summed E-state index contributed by atoms with van der Waals surface area (Å²) in [6, 6.07) is 8.16. The predicted molar refractivity (Wildman–Crippen MR) is 76.4 cm³/mol. The fourth-order valence-electron chi connectivity index (χ4n) is 3.03. The minimum absolute atomic E-state index is 0.121. The van der Waals surface area contributed by atoms with Crippen LogP contribution in [0.4, 0.5) is 0 Å². The van der Waals surface area contributed by atoms with Crippen LogP contribution in [0.2, 0.25) is 0 Å². The first-order valence-electron chi connectivity index (χ1n) is 6.98. The number of rotatable bonds is 3. The van der Waals surface area contributed by atoms with Crippen molar-refractivity contribution < 1.29 is 9.53 Å². The molecule has 3 heteroatoms. The minimum Gasteiger partial charge on any atom is -0.497 e. The SMILES string of the molecule is COc1cccc([C@@H]2CCCC[C@H]2C(=O)N(C)C)c1. The smallest absolute Gasteiger partial charge is 0.225 e. The number of methoxy groups -OCH3 is 1. The van der Waals surface area contributed by atoms with Crippen molar-refractivity contribution >= 4 is 5.91 Å². The van der Waals surface area contributed by atoms with Gasteiger partial charge in [0.05, 0.1) is 7.11 Å². The van der Waals surface area contributed by atoms with E-state index in [1.165, 1.54) is 12.0 Å². The van der Waals surface area contributed by atoms with Crippen LogP contribution in [0.1, 0.15) is 37.2 Å². The molecule has 0 saturated heterocycles. The van der Waals surface area contributed by atoms with Crippen LogP contribution in [0.5, 0.6) is 5.75 Å². The Hall–Kier alpha value is -1.51. The summed E-state index contributed by atoms with van der Waals surface area (Å²) in [5.74, 6) is 1.58. The summed E-state index contributed by atoms with van der Waals surface area (Å²) >= 11 is 0. The van der Waals surface area contributed by atoms with Gasteiger partial charge in [0.2, 0.25) is 5.91 Å². The molecule has 3 nitrogen and oxygen atoms in total. The Morgan fingerprint density at radius 2 is 2.00 bits per heavy atom. The van der Waals surface area contributed by atoms with E-state index in [-0.39, 0.29) is 11.8 Å². The van der Waals surface area contributed by atoms with Crippen molar-refractivity contribution in [1.82, 2.24) is 4.90 Å². The number of benzene rings is 1. The van der Waals surface area contributed by atoms with E-state index in [0.29, 0.717) is 5.92 Å². The maximum absolute atomic E-state index is 12.3. The molecule has 19 heavy (non-hydrogen) atoms. The molecule has 0 radical (unpaired) electrons. The van der Waals surface area contributed by atoms with Gasteiger partial charge in [0, 0.05) is 20.0 Å². The number of nitrogens with zero attached hydrogens (tertiary/aromatic N) is 1. The van der Waals surface area contributed by atoms with Crippen LogP contribution in [0.3, 0.4) is 0 Å². The monoisotopic (exact) mass is 261 g/mol. The second-order valence-electron chi connectivity index (χ2n) is 5.51. The maximum Gasteiger partial charge on any atom is 0.225 e. The highest BCUT2D eigenvalue weighted by Crippen LogP contribution is 2.39. The lowest BCUT2D eigenvalue weighted by atomic mass is 9.75. The zero-order valence-electron chi connectivity index (χ0n) is 12.1. The van der Waals surface area contributed by atoms with Crippen LogP contribution in [0, 0.1) is 5.92 Å². The molecule has 0 aromatic heterocycles. The Morgan fingerprint density at radius 1 is 1.26 bits per heavy atom. The first-order chi connectivity index (χ1) is 9.13. The third-order valence-electron chi connectivity index (χ3n) is 4.05. The molecule has 1 aliphatic rings. The van der Waals surface area contributed by atoms with Gasteiger partial charge in [-0.3, -0.25) is 4.79 Å². The molecule has 1 saturated carbocycles. The molecule has 1 fully saturated rings. The molecule has 2 atom stereocenters. The van der Waals surface area contributed by atoms with E-state index >= 15 is 0 Å². The minimum atomic E-state index is 0.121. The first-order valence-corrected chi connectivity index (χ1v) is 6.98. The normalized spacial score (nSPS) is 22.9. The topological polar surface area (TPSA) is 29.5 Å². The van der Waals surface area contributed by atoms with Crippen molar-refractivity contribution in [3.05, 3.63) is 29.8 Å². The third-order valence-corrected chi connectivity index (χ3v) is 4.05. The van der Waals surface area contributed by atoms with Crippen LogP contribution in [-0.2, 0) is 4.79 Å². The molecule has 0 N–H and O–H groups in total. The quantitative estimate of drug-likeness (QED) is 0.837. The zero-order chi connectivity index (χ0) is 13.8. The van der Waals surface area contributed by atoms with E-state index in [0.717, 1.165) is 25.0 Å². The van der Waals surface area contributed by atoms with Crippen LogP contribution in [0.25, 0.3) is 0 Å². The van der Waals surface area contributed by atoms with E-state index in [1.807, 2.05) is 26.2 Å². The van der Waals surface area contributed by atoms with Crippen molar-refractivity contribution in [2.24, 2.45) is 5.92 Å². The summed E-state index contributed by atoms with van der Waals surface area (Å²) in [5, 5.41) is 0. The number of hydrogen-bond acceptors (Lipinski definition) is 2. The summed E-state index contributed by atoms with van der Waals surface area (Å²) in [4.78, 5) is 14.1. The fraction of sp³-hybridized carbons (Fsp3) is 0.562. The van der Waals surface area contributed by atoms with E-state index in [9.17, 15) is 4.79 Å². The van der Waals surface area contributed by atoms with Gasteiger partial charge in [0.1, 0.15) is 5.75 Å². The Labute approximate surface area is 115 Å². The summed E-state index contributed by atoms with van der Waals surface area (Å²) in [5.41, 5.74) is 1.24. The number of carbonyl (C=O) groups excluding carboxylic acids is 1. The van der Waals surface area contributed by atoms with E-state index < -0.39 is 0 Å². The highest BCUT2D eigenvalue weighted by molar-refractivity contribution is 5.79. The molecule has 1 aromatic carbocycles. The molecular weight excluding hydrogens is 238 g/mol. The van der Waals surface area contributed by atoms with Gasteiger partial charge in [-0.05, 0) is 36.5 Å². The lowest BCUT2D eigenvalue weighted by molar-refractivity contribution is -0.134. The molecule has 1 aromatic rings. The molecule has 0 bridgehead atoms. The molecule has 0 unspecified atom stereocenters. The van der Waals surface area contributed by atoms with Crippen LogP contribution in [-0.4, -0.2) is 32.0 Å². The Kier molecular flexibility index (Phi) is 4.46. The molecule has 1 amide bonds. The standard InChI is InChI=1S/C16H23NO2/c1-17(2)16(18)15-10-5-4-9-14(15)12-7-6-8-13(11-12)19-3/h6-8,11,14-15H,4-5,9-10H2,1-3H3/t14-,15+/m0/s1. The van der Waals surface area contributed by atoms with E-state index in [4.69, 9.17) is 4.74 Å². The van der Waals surface area contributed by atoms with Gasteiger partial charge < -0.3 is 9.64 Å². The van der Waals surface area contributed by atoms with Gasteiger partial charge in [-0.15, -0.1) is 0 Å². The Balaban J connectivity index is 2.25. The second kappa shape index (κ2) is 6.09. The maximum atomic E-state index is 12.3. The Morgan fingerprint density at radius 3 is 2.68 bits per heavy atom. The largest absolute Gasteiger partial charge is 0.497 e. The molecular formula is C16H23NO2. The van der Waals surface area contributed by atoms with Gasteiger partial charge >= 0.3 is 0 Å². The number of ether oxygens (including phenoxy) is 1. The molecule has 2 rings (SSSR count). The predicted octanol–water partition coefficient (Wildman–Crippen LogP) is 3.06. The highest BCUT2D eigenvalue weighted by atomic mass is 16.5. The molecule has 0 heterocycles. The highest BCUT2D eigenvalue weighted by Gasteiger charge is 2.32. The second-order valence-corrected chi connectivity index (χ2v) is 5.51. The van der Waals surface area contributed by atoms with E-state index in [1.54, 1.807) is 12.0 Å². The van der Waals surface area contributed by atoms with Crippen molar-refractivity contribution in [1.29, 1.82) is 0 Å². The molecule has 0 spiro atoms. The van der Waals surface area contributed by atoms with Gasteiger partial charge in [-0.25, -0.2) is 0 Å². The Bertz CT molecular complexity index is 442. The summed E-state index contributed by atoms with van der Waals surface area (Å²) in [6.45, 7) is 0. The van der Waals surface area contributed by atoms with Gasteiger partial charge in [0.15, 0.2) is 0 Å². The van der Waals surface area contributed by atoms with Crippen LogP contribution >= 0.6 is 0 Å². The van der Waals surface area contributed by atoms with Crippen molar-refractivity contribution in [2.45, 2.75) is 31.6 Å². The molecule has 1 aliphatic carbocycles. The van der Waals surface area contributed by atoms with Gasteiger partial charge in [-0.2, -0.15) is 0 Å². The lowest BCUT2D eigenvalue weighted by Crippen LogP contribution is -2.35. The van der Waals surface area contributed by atoms with E-state index in [2.05, 4.69) is 12.1 Å². The van der Waals surface area contributed by atoms with Gasteiger partial charge in [0.25, 0.3) is 0 Å². The molecule has 104 valence electrons. The first kappa shape index (κ1) is 13.9. The number of carbonyl (C=O) groups is 1. The third kappa shape index (κ3) is 3.09. The van der Waals surface area contributed by atoms with Crippen LogP contribution in [0.15, 0.2) is 24.3 Å². The summed E-state index contributed by atoms with van der Waals surface area (Å²) in [7, 11) is 5.38. The average Bonchev–Trinajstić information content (AvgIpc) is 2.46. The van der Waals surface area contributed by atoms with Crippen molar-refractivity contribution in [3.63, 3.8) is 0 Å². The molecule has 0 aliphatic heterocycles. The van der Waals surface area contributed by atoms with Crippen molar-refractivity contribution in [3.8, 4) is 5.75 Å². The summed E-state index contributed by atoms with van der Waals surface area (Å²) < 4.78 is 5.29. The lowest BCUT2D eigenvalue weighted by Gasteiger charge is -2.32. The zero-order valence-corrected chi connectivity index (χ0v) is 12.1. The van der Waals surface area contributed by atoms with Crippen molar-refractivity contribution in [2.75, 3.05) is 21.2 Å². The van der Waals surface area contributed by atoms with Gasteiger partial charge in [-0.1, -0.05) is 25.0 Å². The summed E-state index contributed by atoms with van der Waals surface area (Å²) in [6.07, 6.45) is 4.46. The fourth-order valence-corrected chi connectivity index (χ4v) is 3.03. The number of hydrogen-bond donors (Lipinski definition) is 0.